The summed E-state index contributed by atoms with van der Waals surface area (Å²) in [5.41, 5.74) is 1.56. The molecule has 1 unspecified atom stereocenters. The molecule has 1 heterocycles. The molecule has 0 amide bonds. The summed E-state index contributed by atoms with van der Waals surface area (Å²) in [5.74, 6) is 0. The molecule has 17 heavy (non-hydrogen) atoms. The molecule has 1 atom stereocenters. The highest BCUT2D eigenvalue weighted by Gasteiger charge is 2.15. The van der Waals surface area contributed by atoms with Crippen molar-refractivity contribution in [3.63, 3.8) is 0 Å². The van der Waals surface area contributed by atoms with Crippen LogP contribution in [-0.2, 0) is 6.54 Å². The maximum absolute atomic E-state index is 10.2. The lowest BCUT2D eigenvalue weighted by Crippen LogP contribution is -1.99. The molecule has 0 aliphatic heterocycles. The van der Waals surface area contributed by atoms with E-state index in [1.807, 2.05) is 13.1 Å². The number of aryl methyl sites for hydroxylation is 1. The number of rotatable bonds is 3. The maximum atomic E-state index is 10.2. The fourth-order valence-electron chi connectivity index (χ4n) is 1.60. The van der Waals surface area contributed by atoms with E-state index in [1.54, 1.807) is 29.1 Å². The van der Waals surface area contributed by atoms with Crippen molar-refractivity contribution in [3.05, 3.63) is 51.2 Å². The summed E-state index contributed by atoms with van der Waals surface area (Å²) in [4.78, 5) is 0. The monoisotopic (exact) mass is 314 g/mol. The minimum Gasteiger partial charge on any atom is -0.383 e. The Labute approximate surface area is 113 Å². The van der Waals surface area contributed by atoms with Crippen molar-refractivity contribution < 1.29 is 5.11 Å². The minimum atomic E-state index is -0.693. The van der Waals surface area contributed by atoms with Crippen LogP contribution in [0.5, 0.6) is 0 Å². The van der Waals surface area contributed by atoms with Gasteiger partial charge >= 0.3 is 0 Å². The second-order valence-corrected chi connectivity index (χ2v) is 4.99. The van der Waals surface area contributed by atoms with Crippen molar-refractivity contribution >= 4 is 27.5 Å². The van der Waals surface area contributed by atoms with Crippen molar-refractivity contribution in [2.75, 3.05) is 0 Å². The smallest absolute Gasteiger partial charge is 0.108 e. The average Bonchev–Trinajstić information content (AvgIpc) is 2.76. The summed E-state index contributed by atoms with van der Waals surface area (Å²) >= 11 is 9.26. The third-order valence-corrected chi connectivity index (χ3v) is 3.47. The van der Waals surface area contributed by atoms with Gasteiger partial charge in [-0.15, -0.1) is 0 Å². The summed E-state index contributed by atoms with van der Waals surface area (Å²) in [5, 5.41) is 15.0. The van der Waals surface area contributed by atoms with Crippen LogP contribution in [0.25, 0.3) is 0 Å². The van der Waals surface area contributed by atoms with Gasteiger partial charge in [-0.25, -0.2) is 0 Å². The number of hydrogen-bond donors (Lipinski definition) is 1. The van der Waals surface area contributed by atoms with Crippen LogP contribution in [0.3, 0.4) is 0 Å². The number of aromatic nitrogens is 2. The van der Waals surface area contributed by atoms with Gasteiger partial charge in [0.05, 0.1) is 6.20 Å². The van der Waals surface area contributed by atoms with Gasteiger partial charge < -0.3 is 5.11 Å². The van der Waals surface area contributed by atoms with Crippen molar-refractivity contribution in [2.24, 2.45) is 0 Å². The quantitative estimate of drug-likeness (QED) is 0.942. The van der Waals surface area contributed by atoms with E-state index in [2.05, 4.69) is 21.0 Å². The second-order valence-electron chi connectivity index (χ2n) is 3.70. The van der Waals surface area contributed by atoms with Crippen molar-refractivity contribution in [1.29, 1.82) is 0 Å². The van der Waals surface area contributed by atoms with Crippen molar-refractivity contribution in [2.45, 2.75) is 19.6 Å². The van der Waals surface area contributed by atoms with Crippen LogP contribution in [0.1, 0.15) is 24.2 Å². The fraction of sp³-hybridized carbons (Fsp3) is 0.250. The zero-order valence-electron chi connectivity index (χ0n) is 9.27. The van der Waals surface area contributed by atoms with Gasteiger partial charge in [0, 0.05) is 27.8 Å². The summed E-state index contributed by atoms with van der Waals surface area (Å²) in [6, 6.07) is 5.33. The predicted molar refractivity (Wildman–Crippen MR) is 71.1 cm³/mol. The van der Waals surface area contributed by atoms with E-state index in [0.29, 0.717) is 5.02 Å². The Hall–Kier alpha value is -0.840. The topological polar surface area (TPSA) is 38.0 Å². The summed E-state index contributed by atoms with van der Waals surface area (Å²) in [7, 11) is 0. The number of benzene rings is 1. The molecule has 0 spiro atoms. The van der Waals surface area contributed by atoms with Gasteiger partial charge in [-0.3, -0.25) is 4.68 Å². The molecule has 0 saturated carbocycles. The van der Waals surface area contributed by atoms with Gasteiger partial charge in [-0.1, -0.05) is 33.6 Å². The molecular weight excluding hydrogens is 304 g/mol. The molecule has 5 heteroatoms. The molecule has 1 aromatic carbocycles. The van der Waals surface area contributed by atoms with Crippen LogP contribution in [0.15, 0.2) is 35.1 Å². The first-order valence-corrected chi connectivity index (χ1v) is 6.44. The van der Waals surface area contributed by atoms with Crippen LogP contribution in [-0.4, -0.2) is 14.9 Å². The average molecular weight is 316 g/mol. The lowest BCUT2D eigenvalue weighted by molar-refractivity contribution is 0.219. The maximum Gasteiger partial charge on any atom is 0.108 e. The highest BCUT2D eigenvalue weighted by Crippen LogP contribution is 2.30. The van der Waals surface area contributed by atoms with E-state index in [1.165, 1.54) is 0 Å². The SMILES string of the molecule is CCn1cc(C(O)c2ccc(Cl)cc2Br)cn1. The molecule has 0 saturated heterocycles. The van der Waals surface area contributed by atoms with Crippen LogP contribution in [0.4, 0.5) is 0 Å². The van der Waals surface area contributed by atoms with Crippen molar-refractivity contribution in [1.82, 2.24) is 9.78 Å². The lowest BCUT2D eigenvalue weighted by atomic mass is 10.1. The Kier molecular flexibility index (Phi) is 3.86. The molecule has 0 bridgehead atoms. The first kappa shape index (κ1) is 12.6. The Morgan fingerprint density at radius 1 is 1.53 bits per heavy atom. The van der Waals surface area contributed by atoms with E-state index in [-0.39, 0.29) is 0 Å². The summed E-state index contributed by atoms with van der Waals surface area (Å²) < 4.78 is 2.57. The first-order valence-electron chi connectivity index (χ1n) is 5.27. The Morgan fingerprint density at radius 2 is 2.29 bits per heavy atom. The first-order chi connectivity index (χ1) is 8.11. The Balaban J connectivity index is 2.33. The highest BCUT2D eigenvalue weighted by molar-refractivity contribution is 9.10. The largest absolute Gasteiger partial charge is 0.383 e. The zero-order valence-corrected chi connectivity index (χ0v) is 11.6. The zero-order chi connectivity index (χ0) is 12.4. The Bertz CT molecular complexity index is 527. The second kappa shape index (κ2) is 5.21. The number of halogens is 2. The Morgan fingerprint density at radius 3 is 2.88 bits per heavy atom. The van der Waals surface area contributed by atoms with E-state index < -0.39 is 6.10 Å². The van der Waals surface area contributed by atoms with Gasteiger partial charge in [0.15, 0.2) is 0 Å². The molecule has 1 N–H and O–H groups in total. The normalized spacial score (nSPS) is 12.7. The molecule has 90 valence electrons. The molecule has 0 fully saturated rings. The van der Waals surface area contributed by atoms with Gasteiger partial charge in [-0.2, -0.15) is 5.10 Å². The molecule has 0 aliphatic carbocycles. The molecule has 0 aliphatic rings. The predicted octanol–water partition coefficient (Wildman–Crippen LogP) is 3.40. The highest BCUT2D eigenvalue weighted by atomic mass is 79.9. The van der Waals surface area contributed by atoms with Crippen LogP contribution in [0, 0.1) is 0 Å². The van der Waals surface area contributed by atoms with Crippen LogP contribution >= 0.6 is 27.5 Å². The standard InChI is InChI=1S/C12H12BrClN2O/c1-2-16-7-8(6-15-16)12(17)10-4-3-9(14)5-11(10)13/h3-7,12,17H,2H2,1H3. The molecule has 3 nitrogen and oxygen atoms in total. The number of aliphatic hydroxyl groups is 1. The lowest BCUT2D eigenvalue weighted by Gasteiger charge is -2.11. The fourth-order valence-corrected chi connectivity index (χ4v) is 2.50. The van der Waals surface area contributed by atoms with E-state index >= 15 is 0 Å². The number of aliphatic hydroxyl groups excluding tert-OH is 1. The van der Waals surface area contributed by atoms with E-state index in [9.17, 15) is 5.11 Å². The van der Waals surface area contributed by atoms with E-state index in [4.69, 9.17) is 11.6 Å². The van der Waals surface area contributed by atoms with Gasteiger partial charge in [-0.05, 0) is 24.6 Å². The van der Waals surface area contributed by atoms with Crippen LogP contribution < -0.4 is 0 Å². The van der Waals surface area contributed by atoms with Crippen LogP contribution in [0.2, 0.25) is 5.02 Å². The minimum absolute atomic E-state index is 0.636. The van der Waals surface area contributed by atoms with Crippen molar-refractivity contribution in [3.8, 4) is 0 Å². The molecule has 1 aromatic heterocycles. The van der Waals surface area contributed by atoms with Gasteiger partial charge in [0.1, 0.15) is 6.10 Å². The number of hydrogen-bond acceptors (Lipinski definition) is 2. The third-order valence-electron chi connectivity index (χ3n) is 2.55. The van der Waals surface area contributed by atoms with Gasteiger partial charge in [0.2, 0.25) is 0 Å². The molecule has 2 rings (SSSR count). The van der Waals surface area contributed by atoms with E-state index in [0.717, 1.165) is 22.1 Å². The third kappa shape index (κ3) is 2.70. The molecule has 2 aromatic rings. The summed E-state index contributed by atoms with van der Waals surface area (Å²) in [6.07, 6.45) is 2.82. The number of nitrogens with zero attached hydrogens (tertiary/aromatic N) is 2. The molecule has 0 radical (unpaired) electrons. The summed E-state index contributed by atoms with van der Waals surface area (Å²) in [6.45, 7) is 2.79. The molecular formula is C12H12BrClN2O. The van der Waals surface area contributed by atoms with Gasteiger partial charge in [0.25, 0.3) is 0 Å².